The smallest absolute Gasteiger partial charge is 0.222 e. The van der Waals surface area contributed by atoms with E-state index in [0.717, 1.165) is 25.8 Å². The van der Waals surface area contributed by atoms with Crippen molar-refractivity contribution in [2.75, 3.05) is 19.5 Å². The molecule has 0 aliphatic rings. The van der Waals surface area contributed by atoms with Gasteiger partial charge in [-0.05, 0) is 37.0 Å². The molecule has 0 aliphatic heterocycles. The summed E-state index contributed by atoms with van der Waals surface area (Å²) in [4.78, 5) is 17.5. The monoisotopic (exact) mass is 254 g/mol. The van der Waals surface area contributed by atoms with Crippen LogP contribution in [0.5, 0.6) is 0 Å². The molecule has 0 atom stereocenters. The molecule has 1 aromatic heterocycles. The van der Waals surface area contributed by atoms with Crippen LogP contribution in [0.2, 0.25) is 0 Å². The number of halogens is 1. The molecule has 0 bridgehead atoms. The average molecular weight is 255 g/mol. The predicted molar refractivity (Wildman–Crippen MR) is 70.1 cm³/mol. The van der Waals surface area contributed by atoms with Crippen molar-refractivity contribution in [3.8, 4) is 0 Å². The van der Waals surface area contributed by atoms with E-state index in [0.29, 0.717) is 12.3 Å². The second-order valence-electron chi connectivity index (χ2n) is 4.07. The number of unbranched alkanes of at least 4 members (excludes halogenated alkanes) is 1. The predicted octanol–water partition coefficient (Wildman–Crippen LogP) is 2.49. The molecule has 0 unspecified atom stereocenters. The lowest BCUT2D eigenvalue weighted by Gasteiger charge is -2.16. The van der Waals surface area contributed by atoms with Gasteiger partial charge in [-0.1, -0.05) is 0 Å². The SMILES string of the molecule is CN(CCc1ccncc1)C(=O)CCCCCl. The third kappa shape index (κ3) is 5.68. The van der Waals surface area contributed by atoms with Gasteiger partial charge in [-0.15, -0.1) is 11.6 Å². The van der Waals surface area contributed by atoms with Crippen molar-refractivity contribution >= 4 is 17.5 Å². The van der Waals surface area contributed by atoms with Gasteiger partial charge < -0.3 is 4.90 Å². The molecule has 0 fully saturated rings. The Kier molecular flexibility index (Phi) is 6.63. The number of nitrogens with zero attached hydrogens (tertiary/aromatic N) is 2. The summed E-state index contributed by atoms with van der Waals surface area (Å²) in [7, 11) is 1.85. The van der Waals surface area contributed by atoms with E-state index in [2.05, 4.69) is 4.98 Å². The van der Waals surface area contributed by atoms with E-state index in [9.17, 15) is 4.79 Å². The van der Waals surface area contributed by atoms with Crippen LogP contribution < -0.4 is 0 Å². The Bertz CT molecular complexity index is 329. The summed E-state index contributed by atoms with van der Waals surface area (Å²) in [5.41, 5.74) is 1.21. The van der Waals surface area contributed by atoms with Crippen molar-refractivity contribution in [3.05, 3.63) is 30.1 Å². The maximum Gasteiger partial charge on any atom is 0.222 e. The zero-order valence-corrected chi connectivity index (χ0v) is 11.0. The second-order valence-corrected chi connectivity index (χ2v) is 4.44. The average Bonchev–Trinajstić information content (AvgIpc) is 2.37. The number of carbonyl (C=O) groups excluding carboxylic acids is 1. The quantitative estimate of drug-likeness (QED) is 0.553. The summed E-state index contributed by atoms with van der Waals surface area (Å²) in [6.45, 7) is 0.754. The molecule has 0 radical (unpaired) electrons. The number of hydrogen-bond donors (Lipinski definition) is 0. The van der Waals surface area contributed by atoms with Crippen molar-refractivity contribution in [2.24, 2.45) is 0 Å². The highest BCUT2D eigenvalue weighted by Gasteiger charge is 2.07. The van der Waals surface area contributed by atoms with Gasteiger partial charge in [-0.25, -0.2) is 0 Å². The zero-order chi connectivity index (χ0) is 12.5. The van der Waals surface area contributed by atoms with Crippen molar-refractivity contribution < 1.29 is 4.79 Å². The first kappa shape index (κ1) is 14.0. The fourth-order valence-electron chi connectivity index (χ4n) is 1.53. The lowest BCUT2D eigenvalue weighted by Crippen LogP contribution is -2.28. The normalized spacial score (nSPS) is 10.2. The third-order valence-electron chi connectivity index (χ3n) is 2.69. The van der Waals surface area contributed by atoms with Gasteiger partial charge in [-0.2, -0.15) is 0 Å². The minimum absolute atomic E-state index is 0.198. The molecule has 0 aromatic carbocycles. The molecule has 0 saturated carbocycles. The lowest BCUT2D eigenvalue weighted by molar-refractivity contribution is -0.129. The Morgan fingerprint density at radius 2 is 2.06 bits per heavy atom. The van der Waals surface area contributed by atoms with Crippen molar-refractivity contribution in [2.45, 2.75) is 25.7 Å². The Morgan fingerprint density at radius 3 is 2.71 bits per heavy atom. The first-order chi connectivity index (χ1) is 8.24. The number of likely N-dealkylation sites (N-methyl/N-ethyl adjacent to an activating group) is 1. The van der Waals surface area contributed by atoms with Gasteiger partial charge in [0, 0.05) is 38.3 Å². The van der Waals surface area contributed by atoms with Gasteiger partial charge in [0.1, 0.15) is 0 Å². The summed E-state index contributed by atoms with van der Waals surface area (Å²) >= 11 is 5.57. The van der Waals surface area contributed by atoms with Crippen LogP contribution in [-0.4, -0.2) is 35.3 Å². The summed E-state index contributed by atoms with van der Waals surface area (Å²) in [5.74, 6) is 0.831. The van der Waals surface area contributed by atoms with Crippen LogP contribution in [0.1, 0.15) is 24.8 Å². The molecule has 0 aliphatic carbocycles. The number of rotatable bonds is 7. The van der Waals surface area contributed by atoms with E-state index in [1.54, 1.807) is 17.3 Å². The Morgan fingerprint density at radius 1 is 1.35 bits per heavy atom. The highest BCUT2D eigenvalue weighted by molar-refractivity contribution is 6.17. The molecule has 1 rings (SSSR count). The van der Waals surface area contributed by atoms with Gasteiger partial charge in [0.25, 0.3) is 0 Å². The van der Waals surface area contributed by atoms with E-state index >= 15 is 0 Å². The van der Waals surface area contributed by atoms with E-state index < -0.39 is 0 Å². The number of carbonyl (C=O) groups is 1. The molecule has 1 heterocycles. The van der Waals surface area contributed by atoms with Crippen molar-refractivity contribution in [1.29, 1.82) is 0 Å². The summed E-state index contributed by atoms with van der Waals surface area (Å²) in [6.07, 6.45) is 6.81. The maximum absolute atomic E-state index is 11.7. The van der Waals surface area contributed by atoms with Crippen LogP contribution in [-0.2, 0) is 11.2 Å². The molecular formula is C13H19ClN2O. The number of aromatic nitrogens is 1. The summed E-state index contributed by atoms with van der Waals surface area (Å²) < 4.78 is 0. The zero-order valence-electron chi connectivity index (χ0n) is 10.2. The van der Waals surface area contributed by atoms with E-state index in [1.165, 1.54) is 5.56 Å². The molecule has 1 amide bonds. The van der Waals surface area contributed by atoms with Crippen LogP contribution >= 0.6 is 11.6 Å². The van der Waals surface area contributed by atoms with Gasteiger partial charge in [0.05, 0.1) is 0 Å². The molecule has 17 heavy (non-hydrogen) atoms. The van der Waals surface area contributed by atoms with Gasteiger partial charge in [0.15, 0.2) is 0 Å². The molecule has 94 valence electrons. The molecule has 0 N–H and O–H groups in total. The van der Waals surface area contributed by atoms with Crippen LogP contribution in [0.25, 0.3) is 0 Å². The van der Waals surface area contributed by atoms with E-state index in [4.69, 9.17) is 11.6 Å². The molecule has 0 saturated heterocycles. The number of pyridine rings is 1. The second kappa shape index (κ2) is 8.07. The topological polar surface area (TPSA) is 33.2 Å². The van der Waals surface area contributed by atoms with Gasteiger partial charge in [-0.3, -0.25) is 9.78 Å². The molecule has 0 spiro atoms. The van der Waals surface area contributed by atoms with Crippen LogP contribution in [0.3, 0.4) is 0 Å². The standard InChI is InChI=1S/C13H19ClN2O/c1-16(13(17)4-2-3-8-14)11-7-12-5-9-15-10-6-12/h5-6,9-10H,2-4,7-8,11H2,1H3. The van der Waals surface area contributed by atoms with Gasteiger partial charge >= 0.3 is 0 Å². The fourth-order valence-corrected chi connectivity index (χ4v) is 1.72. The fraction of sp³-hybridized carbons (Fsp3) is 0.538. The van der Waals surface area contributed by atoms with Crippen LogP contribution in [0, 0.1) is 0 Å². The van der Waals surface area contributed by atoms with Crippen LogP contribution in [0.4, 0.5) is 0 Å². The Balaban J connectivity index is 2.24. The first-order valence-electron chi connectivity index (χ1n) is 5.93. The molecular weight excluding hydrogens is 236 g/mol. The molecule has 1 aromatic rings. The van der Waals surface area contributed by atoms with Crippen molar-refractivity contribution in [1.82, 2.24) is 9.88 Å². The highest BCUT2D eigenvalue weighted by Crippen LogP contribution is 2.03. The first-order valence-corrected chi connectivity index (χ1v) is 6.46. The Labute approximate surface area is 108 Å². The van der Waals surface area contributed by atoms with E-state index in [1.807, 2.05) is 19.2 Å². The highest BCUT2D eigenvalue weighted by atomic mass is 35.5. The number of amides is 1. The van der Waals surface area contributed by atoms with E-state index in [-0.39, 0.29) is 5.91 Å². The summed E-state index contributed by atoms with van der Waals surface area (Å²) in [5, 5.41) is 0. The Hall–Kier alpha value is -1.09. The summed E-state index contributed by atoms with van der Waals surface area (Å²) in [6, 6.07) is 3.96. The van der Waals surface area contributed by atoms with Crippen molar-refractivity contribution in [3.63, 3.8) is 0 Å². The third-order valence-corrected chi connectivity index (χ3v) is 2.95. The largest absolute Gasteiger partial charge is 0.345 e. The maximum atomic E-state index is 11.7. The molecule has 4 heteroatoms. The van der Waals surface area contributed by atoms with Gasteiger partial charge in [0.2, 0.25) is 5.91 Å². The van der Waals surface area contributed by atoms with Crippen LogP contribution in [0.15, 0.2) is 24.5 Å². The molecule has 3 nitrogen and oxygen atoms in total. The minimum Gasteiger partial charge on any atom is -0.345 e. The number of alkyl halides is 1. The number of hydrogen-bond acceptors (Lipinski definition) is 2. The minimum atomic E-state index is 0.198. The lowest BCUT2D eigenvalue weighted by atomic mass is 10.2.